The van der Waals surface area contributed by atoms with E-state index in [9.17, 15) is 4.21 Å². The van der Waals surface area contributed by atoms with E-state index < -0.39 is 11.3 Å². The van der Waals surface area contributed by atoms with Crippen LogP contribution < -0.4 is 4.72 Å². The molecule has 0 spiro atoms. The molecule has 0 bridgehead atoms. The van der Waals surface area contributed by atoms with E-state index in [0.717, 1.165) is 23.1 Å². The third-order valence-corrected chi connectivity index (χ3v) is 4.82. The van der Waals surface area contributed by atoms with Gasteiger partial charge in [0.25, 0.3) is 0 Å². The summed E-state index contributed by atoms with van der Waals surface area (Å²) < 4.78 is 22.2. The Kier molecular flexibility index (Phi) is 4.28. The van der Waals surface area contributed by atoms with E-state index in [-0.39, 0.29) is 12.0 Å². The molecule has 1 heterocycles. The summed E-state index contributed by atoms with van der Waals surface area (Å²) in [6.45, 7) is 0. The van der Waals surface area contributed by atoms with Crippen LogP contribution in [0.1, 0.15) is 17.9 Å². The van der Waals surface area contributed by atoms with E-state index in [1.54, 1.807) is 18.5 Å². The Labute approximate surface area is 134 Å². The van der Waals surface area contributed by atoms with Crippen molar-refractivity contribution in [2.75, 3.05) is 0 Å². The molecule has 1 saturated carbocycles. The molecule has 3 atom stereocenters. The summed E-state index contributed by atoms with van der Waals surface area (Å²) in [6, 6.07) is 7.48. The van der Waals surface area contributed by atoms with Crippen LogP contribution in [0, 0.1) is 0 Å². The topological polar surface area (TPSA) is 62.2 Å². The molecule has 1 fully saturated rings. The first kappa shape index (κ1) is 14.9. The number of halogens is 2. The molecule has 0 radical (unpaired) electrons. The highest BCUT2D eigenvalue weighted by atomic mass is 35.5. The van der Waals surface area contributed by atoms with Crippen LogP contribution in [-0.2, 0) is 11.3 Å². The SMILES string of the molecule is O=S(O)NC1CC1c1cncc(-c2cccc(Cl)c2Cl)c1. The average molecular weight is 343 g/mol. The smallest absolute Gasteiger partial charge is 0.231 e. The molecular weight excluding hydrogens is 331 g/mol. The van der Waals surface area contributed by atoms with Crippen LogP contribution in [-0.4, -0.2) is 19.8 Å². The second-order valence-electron chi connectivity index (χ2n) is 4.92. The highest BCUT2D eigenvalue weighted by molar-refractivity contribution is 7.77. The molecule has 110 valence electrons. The highest BCUT2D eigenvalue weighted by Gasteiger charge is 2.39. The van der Waals surface area contributed by atoms with Crippen LogP contribution in [0.2, 0.25) is 10.0 Å². The summed E-state index contributed by atoms with van der Waals surface area (Å²) in [5.74, 6) is 0.200. The first-order chi connectivity index (χ1) is 10.1. The number of aromatic nitrogens is 1. The van der Waals surface area contributed by atoms with Gasteiger partial charge < -0.3 is 0 Å². The van der Waals surface area contributed by atoms with Crippen molar-refractivity contribution in [3.8, 4) is 11.1 Å². The number of pyridine rings is 1. The fraction of sp³-hybridized carbons (Fsp3) is 0.214. The van der Waals surface area contributed by atoms with Gasteiger partial charge in [0.1, 0.15) is 0 Å². The van der Waals surface area contributed by atoms with Gasteiger partial charge in [0, 0.05) is 35.5 Å². The molecule has 21 heavy (non-hydrogen) atoms. The van der Waals surface area contributed by atoms with Crippen LogP contribution in [0.5, 0.6) is 0 Å². The molecule has 7 heteroatoms. The minimum atomic E-state index is -1.98. The highest BCUT2D eigenvalue weighted by Crippen LogP contribution is 2.42. The summed E-state index contributed by atoms with van der Waals surface area (Å²) in [7, 11) is 0. The fourth-order valence-corrected chi connectivity index (χ4v) is 3.29. The maximum Gasteiger partial charge on any atom is 0.231 e. The molecule has 1 aliphatic carbocycles. The van der Waals surface area contributed by atoms with Crippen molar-refractivity contribution < 1.29 is 8.76 Å². The molecule has 0 amide bonds. The molecule has 2 aromatic rings. The Hall–Kier alpha value is -0.980. The maximum atomic E-state index is 10.7. The van der Waals surface area contributed by atoms with Gasteiger partial charge in [0.05, 0.1) is 10.0 Å². The molecule has 1 aromatic carbocycles. The lowest BCUT2D eigenvalue weighted by molar-refractivity contribution is 0.547. The van der Waals surface area contributed by atoms with Crippen molar-refractivity contribution in [1.29, 1.82) is 0 Å². The Morgan fingerprint density at radius 3 is 2.90 bits per heavy atom. The molecule has 2 N–H and O–H groups in total. The zero-order valence-corrected chi connectivity index (χ0v) is 13.1. The lowest BCUT2D eigenvalue weighted by atomic mass is 10.0. The molecule has 0 saturated heterocycles. The monoisotopic (exact) mass is 342 g/mol. The van der Waals surface area contributed by atoms with Crippen molar-refractivity contribution in [3.05, 3.63) is 52.3 Å². The minimum Gasteiger partial charge on any atom is -0.294 e. The number of rotatable bonds is 4. The molecule has 3 rings (SSSR count). The fourth-order valence-electron chi connectivity index (χ4n) is 2.36. The summed E-state index contributed by atoms with van der Waals surface area (Å²) in [5.41, 5.74) is 2.73. The van der Waals surface area contributed by atoms with Gasteiger partial charge in [-0.1, -0.05) is 35.3 Å². The van der Waals surface area contributed by atoms with Gasteiger partial charge in [-0.3, -0.25) is 9.54 Å². The van der Waals surface area contributed by atoms with Crippen molar-refractivity contribution in [2.45, 2.75) is 18.4 Å². The zero-order chi connectivity index (χ0) is 15.0. The summed E-state index contributed by atoms with van der Waals surface area (Å²) in [6.07, 6.45) is 4.32. The van der Waals surface area contributed by atoms with E-state index in [1.165, 1.54) is 0 Å². The largest absolute Gasteiger partial charge is 0.294 e. The second-order valence-corrected chi connectivity index (χ2v) is 6.44. The predicted molar refractivity (Wildman–Crippen MR) is 84.7 cm³/mol. The van der Waals surface area contributed by atoms with E-state index in [1.807, 2.05) is 18.2 Å². The first-order valence-corrected chi connectivity index (χ1v) is 8.19. The second kappa shape index (κ2) is 6.02. The summed E-state index contributed by atoms with van der Waals surface area (Å²) >= 11 is 10.3. The number of nitrogens with zero attached hydrogens (tertiary/aromatic N) is 1. The average Bonchev–Trinajstić information content (AvgIpc) is 3.20. The van der Waals surface area contributed by atoms with Gasteiger partial charge in [-0.05, 0) is 24.1 Å². The Morgan fingerprint density at radius 1 is 1.33 bits per heavy atom. The van der Waals surface area contributed by atoms with E-state index in [2.05, 4.69) is 9.71 Å². The molecule has 1 aromatic heterocycles. The lowest BCUT2D eigenvalue weighted by Crippen LogP contribution is -2.19. The standard InChI is InChI=1S/C14H12Cl2N2O2S/c15-12-3-1-2-10(14(12)16)8-4-9(7-17-6-8)11-5-13(11)18-21(19)20/h1-4,6-7,11,13,18H,5H2,(H,19,20). The van der Waals surface area contributed by atoms with E-state index >= 15 is 0 Å². The van der Waals surface area contributed by atoms with Gasteiger partial charge in [-0.25, -0.2) is 8.93 Å². The Balaban J connectivity index is 1.88. The quantitative estimate of drug-likeness (QED) is 0.834. The first-order valence-electron chi connectivity index (χ1n) is 6.32. The maximum absolute atomic E-state index is 10.7. The van der Waals surface area contributed by atoms with Crippen LogP contribution in [0.15, 0.2) is 36.7 Å². The van der Waals surface area contributed by atoms with Gasteiger partial charge >= 0.3 is 0 Å². The molecule has 0 aliphatic heterocycles. The molecule has 1 aliphatic rings. The van der Waals surface area contributed by atoms with Gasteiger partial charge in [-0.2, -0.15) is 0 Å². The lowest BCUT2D eigenvalue weighted by Gasteiger charge is -2.07. The Morgan fingerprint density at radius 2 is 2.14 bits per heavy atom. The molecule has 4 nitrogen and oxygen atoms in total. The van der Waals surface area contributed by atoms with Crippen LogP contribution >= 0.6 is 23.2 Å². The number of nitrogens with one attached hydrogen (secondary N) is 1. The van der Waals surface area contributed by atoms with Crippen molar-refractivity contribution in [1.82, 2.24) is 9.71 Å². The van der Waals surface area contributed by atoms with Crippen molar-refractivity contribution >= 4 is 34.5 Å². The number of benzene rings is 1. The predicted octanol–water partition coefficient (Wildman–Crippen LogP) is 3.64. The minimum absolute atomic E-state index is 0.0164. The Bertz CT molecular complexity index is 711. The third kappa shape index (κ3) is 3.27. The van der Waals surface area contributed by atoms with Crippen molar-refractivity contribution in [3.63, 3.8) is 0 Å². The van der Waals surface area contributed by atoms with E-state index in [0.29, 0.717) is 10.0 Å². The van der Waals surface area contributed by atoms with Crippen LogP contribution in [0.3, 0.4) is 0 Å². The van der Waals surface area contributed by atoms with Crippen LogP contribution in [0.25, 0.3) is 11.1 Å². The summed E-state index contributed by atoms with van der Waals surface area (Å²) in [4.78, 5) is 4.24. The number of hydrogen-bond donors (Lipinski definition) is 2. The molecule has 3 unspecified atom stereocenters. The zero-order valence-electron chi connectivity index (χ0n) is 10.8. The van der Waals surface area contributed by atoms with Gasteiger partial charge in [0.15, 0.2) is 0 Å². The van der Waals surface area contributed by atoms with E-state index in [4.69, 9.17) is 27.8 Å². The normalized spacial score (nSPS) is 22.0. The van der Waals surface area contributed by atoms with Crippen molar-refractivity contribution in [2.24, 2.45) is 0 Å². The third-order valence-electron chi connectivity index (χ3n) is 3.49. The summed E-state index contributed by atoms with van der Waals surface area (Å²) in [5, 5.41) is 1.00. The number of hydrogen-bond acceptors (Lipinski definition) is 2. The van der Waals surface area contributed by atoms with Crippen LogP contribution in [0.4, 0.5) is 0 Å². The van der Waals surface area contributed by atoms with Gasteiger partial charge in [-0.15, -0.1) is 0 Å². The molecular formula is C14H12Cl2N2O2S. The van der Waals surface area contributed by atoms with Gasteiger partial charge in [0.2, 0.25) is 11.3 Å².